The number of aliphatic imine (C=N–C) groups is 1. The number of amides is 2. The number of alkyl carbamates (subject to hydrolysis) is 1. The molecule has 2 amide bonds. The molecule has 1 aromatic rings. The van der Waals surface area contributed by atoms with Crippen LogP contribution < -0.4 is 5.32 Å². The largest absolute Gasteiger partial charge is 0.444 e. The van der Waals surface area contributed by atoms with Gasteiger partial charge in [-0.2, -0.15) is 0 Å². The van der Waals surface area contributed by atoms with Gasteiger partial charge in [0.2, 0.25) is 11.9 Å². The van der Waals surface area contributed by atoms with Gasteiger partial charge >= 0.3 is 6.09 Å². The number of aliphatic hydroxyl groups is 1. The summed E-state index contributed by atoms with van der Waals surface area (Å²) in [5, 5.41) is 13.4. The number of carbonyl (C=O) groups excluding carboxylic acids is 2. The molecule has 4 atom stereocenters. The van der Waals surface area contributed by atoms with Gasteiger partial charge in [-0.3, -0.25) is 15.0 Å². The highest BCUT2D eigenvalue weighted by molar-refractivity contribution is 14.1. The highest BCUT2D eigenvalue weighted by Crippen LogP contribution is 2.40. The van der Waals surface area contributed by atoms with E-state index in [1.54, 1.807) is 25.7 Å². The van der Waals surface area contributed by atoms with Crippen molar-refractivity contribution in [1.29, 1.82) is 0 Å². The fraction of sp³-hybridized carbons (Fsp3) is 0.609. The first-order valence-corrected chi connectivity index (χ1v) is 12.3. The Morgan fingerprint density at radius 2 is 2.06 bits per heavy atom. The molecule has 1 saturated carbocycles. The van der Waals surface area contributed by atoms with Gasteiger partial charge in [0.1, 0.15) is 5.60 Å². The standard InChI is InChI=1S/C23H31ClIN3O4/c1-13-11-14(9-10-17(13)29)28-18(30)12-23(5,15-7-6-8-16(25)19(15)24)27-20(28)26-21(31)32-22(2,3)4/h6-8,13-14,17,29H,9-12H2,1-5H3,(H,26,27,31)/t13-,14-,17+,23+/m1/s1. The summed E-state index contributed by atoms with van der Waals surface area (Å²) in [7, 11) is 0. The minimum atomic E-state index is -0.935. The monoisotopic (exact) mass is 575 g/mol. The summed E-state index contributed by atoms with van der Waals surface area (Å²) in [5.74, 6) is 0.0707. The van der Waals surface area contributed by atoms with Gasteiger partial charge in [0.05, 0.1) is 23.1 Å². The number of nitrogens with zero attached hydrogens (tertiary/aromatic N) is 2. The van der Waals surface area contributed by atoms with Crippen molar-refractivity contribution in [2.75, 3.05) is 0 Å². The highest BCUT2D eigenvalue weighted by atomic mass is 127. The number of ether oxygens (including phenoxy) is 1. The maximum atomic E-state index is 13.5. The van der Waals surface area contributed by atoms with Crippen molar-refractivity contribution in [3.63, 3.8) is 0 Å². The van der Waals surface area contributed by atoms with E-state index < -0.39 is 17.2 Å². The fourth-order valence-electron chi connectivity index (χ4n) is 4.35. The summed E-state index contributed by atoms with van der Waals surface area (Å²) < 4.78 is 6.30. The van der Waals surface area contributed by atoms with E-state index in [1.165, 1.54) is 0 Å². The second kappa shape index (κ2) is 9.46. The molecule has 0 aromatic heterocycles. The van der Waals surface area contributed by atoms with Crippen molar-refractivity contribution in [2.24, 2.45) is 10.9 Å². The summed E-state index contributed by atoms with van der Waals surface area (Å²) in [5.41, 5.74) is -0.898. The SMILES string of the molecule is C[C@@H]1C[C@H](N2C(=O)C[C@@](C)(c3cccc(I)c3Cl)N=C2NC(=O)OC(C)(C)C)CC[C@@H]1O. The predicted molar refractivity (Wildman–Crippen MR) is 133 cm³/mol. The Morgan fingerprint density at radius 1 is 1.38 bits per heavy atom. The lowest BCUT2D eigenvalue weighted by Crippen LogP contribution is -2.58. The van der Waals surface area contributed by atoms with E-state index in [9.17, 15) is 14.7 Å². The Morgan fingerprint density at radius 3 is 2.69 bits per heavy atom. The molecule has 32 heavy (non-hydrogen) atoms. The lowest BCUT2D eigenvalue weighted by molar-refractivity contribution is -0.132. The molecule has 7 nitrogen and oxygen atoms in total. The fourth-order valence-corrected chi connectivity index (χ4v) is 5.17. The van der Waals surface area contributed by atoms with Crippen LogP contribution in [0.25, 0.3) is 0 Å². The lowest BCUT2D eigenvalue weighted by atomic mass is 9.82. The Hall–Kier alpha value is -1.39. The molecule has 2 N–H and O–H groups in total. The lowest BCUT2D eigenvalue weighted by Gasteiger charge is -2.43. The number of nitrogens with one attached hydrogen (secondary N) is 1. The van der Waals surface area contributed by atoms with Crippen molar-refractivity contribution in [1.82, 2.24) is 10.2 Å². The first kappa shape index (κ1) is 25.2. The minimum Gasteiger partial charge on any atom is -0.444 e. The Balaban J connectivity index is 2.02. The molecule has 9 heteroatoms. The molecule has 3 rings (SSSR count). The van der Waals surface area contributed by atoms with Crippen LogP contribution in [0, 0.1) is 9.49 Å². The molecule has 0 radical (unpaired) electrons. The molecule has 2 aliphatic rings. The van der Waals surface area contributed by atoms with Crippen molar-refractivity contribution in [3.8, 4) is 0 Å². The average Bonchev–Trinajstić information content (AvgIpc) is 2.64. The maximum Gasteiger partial charge on any atom is 0.414 e. The van der Waals surface area contributed by atoms with E-state index >= 15 is 0 Å². The number of aliphatic hydroxyl groups excluding tert-OH is 1. The number of carbonyl (C=O) groups is 2. The predicted octanol–water partition coefficient (Wildman–Crippen LogP) is 4.82. The van der Waals surface area contributed by atoms with Crippen LogP contribution in [0.2, 0.25) is 5.02 Å². The van der Waals surface area contributed by atoms with Crippen LogP contribution in [0.1, 0.15) is 65.9 Å². The molecule has 1 aliphatic carbocycles. The van der Waals surface area contributed by atoms with E-state index in [2.05, 4.69) is 27.9 Å². The number of hydrogen-bond donors (Lipinski definition) is 2. The summed E-state index contributed by atoms with van der Waals surface area (Å²) >= 11 is 8.74. The zero-order valence-corrected chi connectivity index (χ0v) is 22.0. The van der Waals surface area contributed by atoms with E-state index in [0.29, 0.717) is 24.3 Å². The van der Waals surface area contributed by atoms with Crippen LogP contribution >= 0.6 is 34.2 Å². The van der Waals surface area contributed by atoms with Gasteiger partial charge < -0.3 is 9.84 Å². The molecule has 0 spiro atoms. The van der Waals surface area contributed by atoms with Crippen molar-refractivity contribution in [3.05, 3.63) is 32.4 Å². The third-order valence-corrected chi connectivity index (χ3v) is 7.58. The molecule has 176 valence electrons. The average molecular weight is 576 g/mol. The van der Waals surface area contributed by atoms with Crippen LogP contribution in [0.5, 0.6) is 0 Å². The van der Waals surface area contributed by atoms with Crippen molar-refractivity contribution >= 4 is 52.2 Å². The van der Waals surface area contributed by atoms with Gasteiger partial charge in [0.15, 0.2) is 0 Å². The van der Waals surface area contributed by atoms with Gasteiger partial charge in [-0.25, -0.2) is 9.79 Å². The summed E-state index contributed by atoms with van der Waals surface area (Å²) in [6, 6.07) is 5.48. The summed E-state index contributed by atoms with van der Waals surface area (Å²) in [6.07, 6.45) is 0.918. The molecular formula is C23H31ClIN3O4. The minimum absolute atomic E-state index is 0.0442. The molecular weight excluding hydrogens is 545 g/mol. The molecule has 0 bridgehead atoms. The maximum absolute atomic E-state index is 13.5. The van der Waals surface area contributed by atoms with Crippen LogP contribution in [-0.2, 0) is 15.1 Å². The van der Waals surface area contributed by atoms with E-state index in [1.807, 2.05) is 32.0 Å². The molecule has 0 unspecified atom stereocenters. The topological polar surface area (TPSA) is 91.2 Å². The zero-order valence-electron chi connectivity index (χ0n) is 19.1. The normalized spacial score (nSPS) is 28.9. The highest BCUT2D eigenvalue weighted by Gasteiger charge is 2.44. The molecule has 1 aromatic carbocycles. The molecule has 0 saturated heterocycles. The van der Waals surface area contributed by atoms with Crippen LogP contribution in [0.4, 0.5) is 4.79 Å². The first-order chi connectivity index (χ1) is 14.8. The number of rotatable bonds is 2. The van der Waals surface area contributed by atoms with Crippen LogP contribution in [0.15, 0.2) is 23.2 Å². The Labute approximate surface area is 208 Å². The van der Waals surface area contributed by atoms with Gasteiger partial charge in [0, 0.05) is 9.61 Å². The molecule has 1 heterocycles. The van der Waals surface area contributed by atoms with E-state index in [4.69, 9.17) is 21.3 Å². The first-order valence-electron chi connectivity index (χ1n) is 10.9. The van der Waals surface area contributed by atoms with E-state index in [-0.39, 0.29) is 36.4 Å². The Bertz CT molecular complexity index is 932. The third kappa shape index (κ3) is 5.56. The van der Waals surface area contributed by atoms with Crippen LogP contribution in [-0.4, -0.2) is 45.7 Å². The van der Waals surface area contributed by atoms with Gasteiger partial charge in [-0.1, -0.05) is 30.7 Å². The summed E-state index contributed by atoms with van der Waals surface area (Å²) in [6.45, 7) is 9.15. The second-order valence-electron chi connectivity index (χ2n) is 9.89. The second-order valence-corrected chi connectivity index (χ2v) is 11.4. The summed E-state index contributed by atoms with van der Waals surface area (Å²) in [4.78, 5) is 32.6. The van der Waals surface area contributed by atoms with Gasteiger partial charge in [-0.05, 0) is 87.1 Å². The van der Waals surface area contributed by atoms with Gasteiger partial charge in [-0.15, -0.1) is 0 Å². The zero-order chi connectivity index (χ0) is 23.8. The van der Waals surface area contributed by atoms with Crippen molar-refractivity contribution in [2.45, 2.75) is 83.6 Å². The molecule has 1 fully saturated rings. The number of hydrogen-bond acceptors (Lipinski definition) is 5. The smallest absolute Gasteiger partial charge is 0.414 e. The molecule has 1 aliphatic heterocycles. The Kier molecular flexibility index (Phi) is 7.46. The number of halogens is 2. The van der Waals surface area contributed by atoms with Gasteiger partial charge in [0.25, 0.3) is 0 Å². The number of guanidine groups is 1. The number of benzene rings is 1. The van der Waals surface area contributed by atoms with Crippen LogP contribution in [0.3, 0.4) is 0 Å². The quantitative estimate of drug-likeness (QED) is 0.495. The van der Waals surface area contributed by atoms with Crippen molar-refractivity contribution < 1.29 is 19.4 Å². The third-order valence-electron chi connectivity index (χ3n) is 5.95. The van der Waals surface area contributed by atoms with E-state index in [0.717, 1.165) is 9.13 Å².